The van der Waals surface area contributed by atoms with Crippen LogP contribution in [0.5, 0.6) is 0 Å². The van der Waals surface area contributed by atoms with Crippen molar-refractivity contribution in [2.45, 2.75) is 36.9 Å². The number of hydrogen-bond donors (Lipinski definition) is 0. The molecule has 3 aliphatic rings. The molecule has 5 heteroatoms. The molecule has 3 aliphatic carbocycles. The molecule has 0 aliphatic heterocycles. The molecule has 0 bridgehead atoms. The summed E-state index contributed by atoms with van der Waals surface area (Å²) in [5.41, 5.74) is 8.22. The third kappa shape index (κ3) is 5.64. The molecule has 1 heterocycles. The number of allylic oxidation sites excluding steroid dienone is 12. The van der Waals surface area contributed by atoms with Gasteiger partial charge in [0.2, 0.25) is 0 Å². The Morgan fingerprint density at radius 3 is 2.05 bits per heavy atom. The average Bonchev–Trinajstić information content (AvgIpc) is 2.97. The van der Waals surface area contributed by atoms with Gasteiger partial charge in [0.1, 0.15) is 0 Å². The number of hydrogen-bond acceptors (Lipinski definition) is 3. The lowest BCUT2D eigenvalue weighted by atomic mass is 9.90. The minimum Gasteiger partial charge on any atom is -0.209 e. The maximum Gasteiger partial charge on any atom is 0.164 e. The molecule has 38 heavy (non-hydrogen) atoms. The van der Waals surface area contributed by atoms with Crippen LogP contribution in [0.4, 0.5) is 0 Å². The van der Waals surface area contributed by atoms with Crippen LogP contribution in [0, 0.1) is 0 Å². The molecule has 0 radical (unpaired) electrons. The van der Waals surface area contributed by atoms with Crippen LogP contribution in [-0.2, 0) is 0 Å². The first-order valence-electron chi connectivity index (χ1n) is 13.0. The zero-order chi connectivity index (χ0) is 25.9. The molecule has 3 aromatic rings. The number of benzene rings is 2. The molecule has 0 saturated heterocycles. The van der Waals surface area contributed by atoms with Crippen molar-refractivity contribution in [2.75, 3.05) is 0 Å². The Balaban J connectivity index is 1.48. The van der Waals surface area contributed by atoms with E-state index in [1.54, 1.807) is 0 Å². The van der Waals surface area contributed by atoms with Gasteiger partial charge in [-0.25, -0.2) is 15.0 Å². The lowest BCUT2D eigenvalue weighted by molar-refractivity contribution is 0.952. The van der Waals surface area contributed by atoms with E-state index in [1.807, 2.05) is 18.2 Å². The summed E-state index contributed by atoms with van der Waals surface area (Å²) in [5.74, 6) is 2.11. The summed E-state index contributed by atoms with van der Waals surface area (Å²) in [7, 11) is 0. The van der Waals surface area contributed by atoms with Crippen LogP contribution < -0.4 is 0 Å². The SMILES string of the molecule is Brc1cc(C2=CC=CCC2)cc(-c2nc(C3=CC(C4=CC=CCC4)=CC(Br)C3)nc(-c3ccccc3)n2)c1. The van der Waals surface area contributed by atoms with Crippen LogP contribution in [0.1, 0.15) is 43.5 Å². The summed E-state index contributed by atoms with van der Waals surface area (Å²) >= 11 is 7.61. The van der Waals surface area contributed by atoms with Crippen molar-refractivity contribution in [2.24, 2.45) is 0 Å². The lowest BCUT2D eigenvalue weighted by Crippen LogP contribution is -2.09. The Morgan fingerprint density at radius 1 is 0.684 bits per heavy atom. The van der Waals surface area contributed by atoms with Gasteiger partial charge in [0, 0.05) is 20.4 Å². The van der Waals surface area contributed by atoms with Gasteiger partial charge in [-0.15, -0.1) is 0 Å². The van der Waals surface area contributed by atoms with Gasteiger partial charge in [0.15, 0.2) is 17.5 Å². The summed E-state index contributed by atoms with van der Waals surface area (Å²) in [5, 5.41) is 0. The first kappa shape index (κ1) is 25.1. The van der Waals surface area contributed by atoms with Crippen molar-refractivity contribution in [1.29, 1.82) is 0 Å². The first-order valence-corrected chi connectivity index (χ1v) is 14.7. The molecular formula is C33H27Br2N3. The van der Waals surface area contributed by atoms with E-state index in [0.29, 0.717) is 11.6 Å². The lowest BCUT2D eigenvalue weighted by Gasteiger charge is -2.20. The molecule has 0 amide bonds. The van der Waals surface area contributed by atoms with Crippen molar-refractivity contribution in [1.82, 2.24) is 15.0 Å². The average molecular weight is 625 g/mol. The Kier molecular flexibility index (Phi) is 7.48. The molecule has 6 rings (SSSR count). The fourth-order valence-electron chi connectivity index (χ4n) is 5.07. The predicted molar refractivity (Wildman–Crippen MR) is 165 cm³/mol. The van der Waals surface area contributed by atoms with Crippen molar-refractivity contribution in [3.05, 3.63) is 124 Å². The largest absolute Gasteiger partial charge is 0.209 e. The Hall–Kier alpha value is -3.15. The van der Waals surface area contributed by atoms with Crippen molar-refractivity contribution in [3.8, 4) is 22.8 Å². The van der Waals surface area contributed by atoms with Crippen LogP contribution in [0.25, 0.3) is 33.9 Å². The summed E-state index contributed by atoms with van der Waals surface area (Å²) < 4.78 is 1.02. The van der Waals surface area contributed by atoms with E-state index in [-0.39, 0.29) is 4.83 Å². The number of nitrogens with zero attached hydrogens (tertiary/aromatic N) is 3. The monoisotopic (exact) mass is 623 g/mol. The molecule has 188 valence electrons. The van der Waals surface area contributed by atoms with Gasteiger partial charge >= 0.3 is 0 Å². The maximum absolute atomic E-state index is 5.07. The highest BCUT2D eigenvalue weighted by atomic mass is 79.9. The van der Waals surface area contributed by atoms with E-state index >= 15 is 0 Å². The summed E-state index contributed by atoms with van der Waals surface area (Å²) in [6.07, 6.45) is 22.8. The molecule has 0 N–H and O–H groups in total. The van der Waals surface area contributed by atoms with Crippen LogP contribution in [0.2, 0.25) is 0 Å². The summed E-state index contributed by atoms with van der Waals surface area (Å²) in [6.45, 7) is 0. The molecular weight excluding hydrogens is 598 g/mol. The standard InChI is InChI=1S/C33H27Br2N3/c34-29-18-25(22-10-4-1-5-11-22)16-27(20-29)32-36-31(24-14-8-3-9-15-24)37-33(38-32)28-17-26(19-30(35)21-28)23-12-6-2-7-13-23/h1-4,6,8-10,12,14-20,30H,5,7,11,13,21H2. The van der Waals surface area contributed by atoms with Gasteiger partial charge in [-0.05, 0) is 84.2 Å². The minimum atomic E-state index is 0.230. The number of rotatable bonds is 5. The highest BCUT2D eigenvalue weighted by Crippen LogP contribution is 2.36. The molecule has 1 unspecified atom stereocenters. The van der Waals surface area contributed by atoms with Gasteiger partial charge in [0.25, 0.3) is 0 Å². The highest BCUT2D eigenvalue weighted by molar-refractivity contribution is 9.10. The summed E-state index contributed by atoms with van der Waals surface area (Å²) in [6, 6.07) is 16.7. The van der Waals surface area contributed by atoms with E-state index in [9.17, 15) is 0 Å². The second kappa shape index (κ2) is 11.3. The second-order valence-corrected chi connectivity index (χ2v) is 11.8. The van der Waals surface area contributed by atoms with Crippen molar-refractivity contribution in [3.63, 3.8) is 0 Å². The zero-order valence-corrected chi connectivity index (χ0v) is 24.1. The molecule has 0 spiro atoms. The third-order valence-electron chi connectivity index (χ3n) is 6.98. The van der Waals surface area contributed by atoms with E-state index < -0.39 is 0 Å². The number of aromatic nitrogens is 3. The zero-order valence-electron chi connectivity index (χ0n) is 20.9. The Morgan fingerprint density at radius 2 is 1.34 bits per heavy atom. The van der Waals surface area contributed by atoms with Crippen molar-refractivity contribution < 1.29 is 0 Å². The molecule has 1 aromatic heterocycles. The quantitative estimate of drug-likeness (QED) is 0.265. The molecule has 0 fully saturated rings. The fourth-order valence-corrected chi connectivity index (χ4v) is 6.20. The predicted octanol–water partition coefficient (Wildman–Crippen LogP) is 9.45. The third-order valence-corrected chi connectivity index (χ3v) is 8.03. The highest BCUT2D eigenvalue weighted by Gasteiger charge is 2.21. The minimum absolute atomic E-state index is 0.230. The van der Waals surface area contributed by atoms with Gasteiger partial charge < -0.3 is 0 Å². The molecule has 2 aromatic carbocycles. The Bertz CT molecular complexity index is 1560. The van der Waals surface area contributed by atoms with Crippen LogP contribution in [-0.4, -0.2) is 19.8 Å². The number of halogens is 2. The van der Waals surface area contributed by atoms with E-state index in [4.69, 9.17) is 15.0 Å². The van der Waals surface area contributed by atoms with E-state index in [0.717, 1.165) is 59.1 Å². The van der Waals surface area contributed by atoms with Gasteiger partial charge in [-0.1, -0.05) is 105 Å². The second-order valence-electron chi connectivity index (χ2n) is 9.73. The van der Waals surface area contributed by atoms with Gasteiger partial charge in [-0.3, -0.25) is 0 Å². The van der Waals surface area contributed by atoms with E-state index in [2.05, 4.69) is 111 Å². The Labute approximate surface area is 240 Å². The van der Waals surface area contributed by atoms with Crippen LogP contribution >= 0.6 is 31.9 Å². The van der Waals surface area contributed by atoms with Gasteiger partial charge in [-0.2, -0.15) is 0 Å². The molecule has 3 nitrogen and oxygen atoms in total. The van der Waals surface area contributed by atoms with Crippen LogP contribution in [0.15, 0.2) is 113 Å². The molecule has 0 saturated carbocycles. The topological polar surface area (TPSA) is 38.7 Å². The summed E-state index contributed by atoms with van der Waals surface area (Å²) in [4.78, 5) is 15.3. The smallest absolute Gasteiger partial charge is 0.164 e. The van der Waals surface area contributed by atoms with Gasteiger partial charge in [0.05, 0.1) is 0 Å². The normalized spacial score (nSPS) is 18.9. The maximum atomic E-state index is 5.07. The van der Waals surface area contributed by atoms with Crippen molar-refractivity contribution >= 4 is 43.0 Å². The number of alkyl halides is 1. The molecule has 1 atom stereocenters. The fraction of sp³-hybridized carbons (Fsp3) is 0.182. The van der Waals surface area contributed by atoms with E-state index in [1.165, 1.54) is 22.3 Å². The van der Waals surface area contributed by atoms with Crippen LogP contribution in [0.3, 0.4) is 0 Å². The first-order chi connectivity index (χ1) is 18.6.